The first-order chi connectivity index (χ1) is 21.5. The molecule has 0 unspecified atom stereocenters. The molecule has 240 valence electrons. The van der Waals surface area contributed by atoms with Gasteiger partial charge in [0.15, 0.2) is 29.5 Å². The van der Waals surface area contributed by atoms with Crippen molar-refractivity contribution >= 4 is 28.8 Å². The van der Waals surface area contributed by atoms with Crippen molar-refractivity contribution in [2.75, 3.05) is 51.2 Å². The van der Waals surface area contributed by atoms with E-state index in [2.05, 4.69) is 30.2 Å². The molecule has 5 heterocycles. The van der Waals surface area contributed by atoms with Crippen LogP contribution in [0.5, 0.6) is 5.75 Å². The van der Waals surface area contributed by atoms with Gasteiger partial charge in [-0.15, -0.1) is 0 Å². The molecular weight excluding hydrogens is 597 g/mol. The second kappa shape index (κ2) is 13.1. The highest BCUT2D eigenvalue weighted by Crippen LogP contribution is 2.33. The number of pyridine rings is 2. The molecule has 2 atom stereocenters. The summed E-state index contributed by atoms with van der Waals surface area (Å²) in [7, 11) is 4.46. The van der Waals surface area contributed by atoms with Crippen molar-refractivity contribution in [2.45, 2.75) is 37.5 Å². The van der Waals surface area contributed by atoms with Gasteiger partial charge in [-0.2, -0.15) is 4.39 Å². The quantitative estimate of drug-likeness (QED) is 0.173. The van der Waals surface area contributed by atoms with E-state index in [-0.39, 0.29) is 37.7 Å². The molecule has 0 radical (unpaired) electrons. The number of amides is 1. The Morgan fingerprint density at radius 2 is 2.02 bits per heavy atom. The van der Waals surface area contributed by atoms with Crippen LogP contribution in [0, 0.1) is 5.95 Å². The predicted molar refractivity (Wildman–Crippen MR) is 157 cm³/mol. The SMILES string of the molecule is COc1ccc(-c2cc(Cn3cnc4c(NCOC(=O)N(C)C)ncnc43)c(N3CCC[C@](N)([C@@H](O)C(F)F)C3)cn2)nc1F. The summed E-state index contributed by atoms with van der Waals surface area (Å²) < 4.78 is 53.4. The molecule has 14 nitrogen and oxygen atoms in total. The van der Waals surface area contributed by atoms with Crippen LogP contribution in [0.2, 0.25) is 0 Å². The van der Waals surface area contributed by atoms with E-state index < -0.39 is 30.1 Å². The van der Waals surface area contributed by atoms with Gasteiger partial charge < -0.3 is 40.0 Å². The standard InChI is InChI=1S/C28H33F3N10O4/c1-39(2)27(43)45-15-37-25-21-26(35-13-34-25)41(14-36-21)11-16-9-18(17-5-6-20(44-3)24(31)38-17)33-10-19(16)40-8-4-7-28(32,12-40)22(42)23(29)30/h5-6,9-10,13-14,22-23,42H,4,7-8,11-12,15,32H2,1-3H3,(H,34,35,37)/t22-,28+/m0/s1. The van der Waals surface area contributed by atoms with E-state index in [0.717, 1.165) is 0 Å². The number of hydrogen-bond donors (Lipinski definition) is 3. The Labute approximate surface area is 256 Å². The van der Waals surface area contributed by atoms with E-state index in [1.807, 2.05) is 4.90 Å². The number of aliphatic hydroxyl groups excluding tert-OH is 1. The number of methoxy groups -OCH3 is 1. The van der Waals surface area contributed by atoms with Crippen LogP contribution in [0.25, 0.3) is 22.6 Å². The molecule has 1 saturated heterocycles. The maximum absolute atomic E-state index is 14.5. The van der Waals surface area contributed by atoms with Gasteiger partial charge in [0, 0.05) is 27.2 Å². The van der Waals surface area contributed by atoms with Crippen LogP contribution in [0.3, 0.4) is 0 Å². The zero-order valence-electron chi connectivity index (χ0n) is 24.8. The number of ether oxygens (including phenoxy) is 2. The summed E-state index contributed by atoms with van der Waals surface area (Å²) in [6.45, 7) is 0.455. The number of rotatable bonds is 10. The number of nitrogens with zero attached hydrogens (tertiary/aromatic N) is 8. The van der Waals surface area contributed by atoms with Crippen LogP contribution >= 0.6 is 0 Å². The highest BCUT2D eigenvalue weighted by molar-refractivity contribution is 5.82. The molecule has 17 heteroatoms. The number of carbonyl (C=O) groups is 1. The third-order valence-corrected chi connectivity index (χ3v) is 7.53. The van der Waals surface area contributed by atoms with Gasteiger partial charge in [-0.05, 0) is 36.6 Å². The van der Waals surface area contributed by atoms with Crippen LogP contribution in [0.1, 0.15) is 18.4 Å². The molecule has 0 spiro atoms. The van der Waals surface area contributed by atoms with E-state index in [9.17, 15) is 23.1 Å². The molecule has 1 fully saturated rings. The number of halogens is 3. The number of alkyl halides is 2. The van der Waals surface area contributed by atoms with Gasteiger partial charge >= 0.3 is 6.09 Å². The Bertz CT molecular complexity index is 1670. The van der Waals surface area contributed by atoms with Crippen molar-refractivity contribution in [1.82, 2.24) is 34.4 Å². The largest absolute Gasteiger partial charge is 0.492 e. The molecule has 4 aromatic heterocycles. The van der Waals surface area contributed by atoms with Crippen molar-refractivity contribution in [3.63, 3.8) is 0 Å². The molecule has 0 bridgehead atoms. The lowest BCUT2D eigenvalue weighted by Gasteiger charge is -2.44. The van der Waals surface area contributed by atoms with E-state index in [1.165, 1.54) is 24.4 Å². The minimum Gasteiger partial charge on any atom is -0.492 e. The number of anilines is 2. The predicted octanol–water partition coefficient (Wildman–Crippen LogP) is 2.47. The number of nitrogens with one attached hydrogen (secondary N) is 1. The molecule has 0 saturated carbocycles. The topological polar surface area (TPSA) is 170 Å². The number of fused-ring (bicyclic) bond motifs is 1. The molecular formula is C28H33F3N10O4. The minimum absolute atomic E-state index is 0.0220. The highest BCUT2D eigenvalue weighted by Gasteiger charge is 2.43. The summed E-state index contributed by atoms with van der Waals surface area (Å²) in [5.74, 6) is -0.490. The van der Waals surface area contributed by atoms with Crippen LogP contribution in [-0.4, -0.2) is 105 Å². The molecule has 1 amide bonds. The number of hydrogen-bond acceptors (Lipinski definition) is 12. The van der Waals surface area contributed by atoms with E-state index >= 15 is 0 Å². The molecule has 4 aromatic rings. The average Bonchev–Trinajstić information content (AvgIpc) is 3.43. The van der Waals surface area contributed by atoms with Crippen molar-refractivity contribution in [2.24, 2.45) is 5.73 Å². The number of imidazole rings is 1. The van der Waals surface area contributed by atoms with Crippen molar-refractivity contribution in [3.8, 4) is 17.1 Å². The van der Waals surface area contributed by atoms with Crippen molar-refractivity contribution in [3.05, 3.63) is 48.6 Å². The first-order valence-electron chi connectivity index (χ1n) is 13.9. The van der Waals surface area contributed by atoms with Gasteiger partial charge in [0.25, 0.3) is 12.4 Å². The Hall–Kier alpha value is -4.77. The molecule has 4 N–H and O–H groups in total. The zero-order valence-corrected chi connectivity index (χ0v) is 24.8. The number of aliphatic hydroxyl groups is 1. The average molecular weight is 631 g/mol. The van der Waals surface area contributed by atoms with Crippen LogP contribution in [-0.2, 0) is 11.3 Å². The fourth-order valence-corrected chi connectivity index (χ4v) is 5.17. The third kappa shape index (κ3) is 6.68. The Balaban J connectivity index is 1.50. The zero-order chi connectivity index (χ0) is 32.3. The smallest absolute Gasteiger partial charge is 0.410 e. The lowest BCUT2D eigenvalue weighted by molar-refractivity contribution is -0.0529. The Morgan fingerprint density at radius 3 is 2.73 bits per heavy atom. The monoisotopic (exact) mass is 630 g/mol. The van der Waals surface area contributed by atoms with Crippen LogP contribution in [0.15, 0.2) is 37.1 Å². The lowest BCUT2D eigenvalue weighted by atomic mass is 9.84. The molecule has 0 aliphatic carbocycles. The fraction of sp³-hybridized carbons (Fsp3) is 0.429. The molecule has 45 heavy (non-hydrogen) atoms. The summed E-state index contributed by atoms with van der Waals surface area (Å²) in [6, 6.07) is 4.73. The second-order valence-corrected chi connectivity index (χ2v) is 10.8. The molecule has 0 aromatic carbocycles. The van der Waals surface area contributed by atoms with Gasteiger partial charge in [-0.1, -0.05) is 0 Å². The number of aromatic nitrogens is 6. The summed E-state index contributed by atoms with van der Waals surface area (Å²) in [4.78, 5) is 36.4. The number of piperidine rings is 1. The number of carbonyl (C=O) groups excluding carboxylic acids is 1. The van der Waals surface area contributed by atoms with Gasteiger partial charge in [0.05, 0.1) is 48.8 Å². The van der Waals surface area contributed by atoms with Crippen molar-refractivity contribution < 1.29 is 32.5 Å². The Morgan fingerprint density at radius 1 is 1.22 bits per heavy atom. The molecule has 1 aliphatic heterocycles. The van der Waals surface area contributed by atoms with Gasteiger partial charge in [-0.25, -0.2) is 33.5 Å². The normalized spacial score (nSPS) is 17.4. The number of nitrogens with two attached hydrogens (primary N) is 1. The van der Waals surface area contributed by atoms with E-state index in [4.69, 9.17) is 15.2 Å². The van der Waals surface area contributed by atoms with E-state index in [1.54, 1.807) is 43.3 Å². The third-order valence-electron chi connectivity index (χ3n) is 7.53. The molecule has 1 aliphatic rings. The van der Waals surface area contributed by atoms with Gasteiger partial charge in [-0.3, -0.25) is 4.98 Å². The van der Waals surface area contributed by atoms with Crippen molar-refractivity contribution in [1.29, 1.82) is 0 Å². The fourth-order valence-electron chi connectivity index (χ4n) is 5.17. The maximum atomic E-state index is 14.5. The maximum Gasteiger partial charge on any atom is 0.410 e. The second-order valence-electron chi connectivity index (χ2n) is 10.8. The van der Waals surface area contributed by atoms with Gasteiger partial charge in [0.1, 0.15) is 12.4 Å². The highest BCUT2D eigenvalue weighted by atomic mass is 19.3. The molecule has 5 rings (SSSR count). The van der Waals surface area contributed by atoms with E-state index in [0.29, 0.717) is 46.9 Å². The first-order valence-corrected chi connectivity index (χ1v) is 13.9. The summed E-state index contributed by atoms with van der Waals surface area (Å²) in [6.07, 6.45) is -0.444. The van der Waals surface area contributed by atoms with Gasteiger partial charge in [0.2, 0.25) is 0 Å². The van der Waals surface area contributed by atoms with Crippen LogP contribution < -0.4 is 20.7 Å². The van der Waals surface area contributed by atoms with Crippen LogP contribution in [0.4, 0.5) is 29.5 Å². The summed E-state index contributed by atoms with van der Waals surface area (Å²) in [5, 5.41) is 13.2. The Kier molecular flexibility index (Phi) is 9.19. The first kappa shape index (κ1) is 31.6. The lowest BCUT2D eigenvalue weighted by Crippen LogP contribution is -2.63. The summed E-state index contributed by atoms with van der Waals surface area (Å²) >= 11 is 0. The minimum atomic E-state index is -3.00. The summed E-state index contributed by atoms with van der Waals surface area (Å²) in [5.41, 5.74) is 7.46.